The van der Waals surface area contributed by atoms with Crippen LogP contribution in [0.2, 0.25) is 0 Å². The van der Waals surface area contributed by atoms with Crippen molar-refractivity contribution >= 4 is 0 Å². The lowest BCUT2D eigenvalue weighted by molar-refractivity contribution is 0.199. The molecule has 1 N–H and O–H groups in total. The van der Waals surface area contributed by atoms with Crippen LogP contribution in [0.25, 0.3) is 22.3 Å². The molecule has 0 amide bonds. The van der Waals surface area contributed by atoms with Gasteiger partial charge in [-0.15, -0.1) is 0 Å². The molecule has 0 spiro atoms. The Kier molecular flexibility index (Phi) is 6.32. The van der Waals surface area contributed by atoms with Crippen molar-refractivity contribution in [2.75, 3.05) is 6.61 Å². The summed E-state index contributed by atoms with van der Waals surface area (Å²) in [6.07, 6.45) is -0.648. The third kappa shape index (κ3) is 4.94. The zero-order valence-corrected chi connectivity index (χ0v) is 19.0. The fraction of sp³-hybridized carbons (Fsp3) is 0.172. The van der Waals surface area contributed by atoms with Crippen LogP contribution in [0.1, 0.15) is 35.8 Å². The lowest BCUT2D eigenvalue weighted by atomic mass is 10.00. The van der Waals surface area contributed by atoms with E-state index in [1.54, 1.807) is 61.5 Å². The average Bonchev–Trinajstić information content (AvgIpc) is 3.71. The molecule has 3 nitrogen and oxygen atoms in total. The Labute approximate surface area is 201 Å². The Morgan fingerprint density at radius 3 is 2.11 bits per heavy atom. The largest absolute Gasteiger partial charge is 0.489 e. The fourth-order valence-corrected chi connectivity index (χ4v) is 3.96. The van der Waals surface area contributed by atoms with E-state index in [1.165, 1.54) is 18.2 Å². The smallest absolute Gasteiger partial charge is 0.167 e. The lowest BCUT2D eigenvalue weighted by Gasteiger charge is -2.12. The first-order valence-electron chi connectivity index (χ1n) is 11.3. The number of aliphatic hydroxyl groups is 1. The standard InChI is InChI=1S/C29H23F3O3/c1-17(33)18-2-4-20(5-3-18)25-13-9-22(28(31)29(25)32)15-34-23-10-6-19(7-11-23)24-12-8-21(14-26(24)30)27-16-35-27/h2-14,17,27,33H,15-16H2,1H3. The molecule has 1 aliphatic rings. The molecule has 4 aromatic rings. The van der Waals surface area contributed by atoms with E-state index in [0.29, 0.717) is 34.6 Å². The van der Waals surface area contributed by atoms with Gasteiger partial charge in [-0.3, -0.25) is 0 Å². The molecule has 178 valence electrons. The number of hydrogen-bond acceptors (Lipinski definition) is 3. The van der Waals surface area contributed by atoms with E-state index in [4.69, 9.17) is 9.47 Å². The summed E-state index contributed by atoms with van der Waals surface area (Å²) in [6, 6.07) is 21.5. The quantitative estimate of drug-likeness (QED) is 0.288. The molecule has 2 unspecified atom stereocenters. The van der Waals surface area contributed by atoms with Gasteiger partial charge in [-0.2, -0.15) is 0 Å². The molecule has 1 heterocycles. The average molecular weight is 476 g/mol. The molecule has 0 radical (unpaired) electrons. The van der Waals surface area contributed by atoms with E-state index in [1.807, 2.05) is 6.07 Å². The van der Waals surface area contributed by atoms with Gasteiger partial charge in [0.25, 0.3) is 0 Å². The van der Waals surface area contributed by atoms with Gasteiger partial charge in [0.15, 0.2) is 11.6 Å². The maximum atomic E-state index is 14.8. The van der Waals surface area contributed by atoms with E-state index in [9.17, 15) is 18.3 Å². The highest BCUT2D eigenvalue weighted by Gasteiger charge is 2.25. The molecule has 0 aromatic heterocycles. The summed E-state index contributed by atoms with van der Waals surface area (Å²) in [6.45, 7) is 2.10. The minimum Gasteiger partial charge on any atom is -0.489 e. The van der Waals surface area contributed by atoms with Crippen LogP contribution in [0, 0.1) is 17.5 Å². The normalized spacial score (nSPS) is 15.6. The van der Waals surface area contributed by atoms with Gasteiger partial charge in [0.1, 0.15) is 24.3 Å². The van der Waals surface area contributed by atoms with Crippen molar-refractivity contribution in [2.45, 2.75) is 25.7 Å². The number of aliphatic hydroxyl groups excluding tert-OH is 1. The van der Waals surface area contributed by atoms with Crippen LogP contribution in [0.5, 0.6) is 5.75 Å². The molecule has 5 rings (SSSR count). The van der Waals surface area contributed by atoms with Gasteiger partial charge in [-0.05, 0) is 47.4 Å². The SMILES string of the molecule is CC(O)c1ccc(-c2ccc(COc3ccc(-c4ccc(C5CO5)cc4F)cc3)c(F)c2F)cc1. The predicted molar refractivity (Wildman–Crippen MR) is 127 cm³/mol. The number of hydrogen-bond donors (Lipinski definition) is 1. The molecular weight excluding hydrogens is 453 g/mol. The summed E-state index contributed by atoms with van der Waals surface area (Å²) in [5, 5.41) is 9.62. The summed E-state index contributed by atoms with van der Waals surface area (Å²) >= 11 is 0. The Bertz CT molecular complexity index is 1350. The monoisotopic (exact) mass is 476 g/mol. The van der Waals surface area contributed by atoms with Crippen LogP contribution in [0.15, 0.2) is 78.9 Å². The van der Waals surface area contributed by atoms with Crippen LogP contribution in [-0.2, 0) is 11.3 Å². The third-order valence-electron chi connectivity index (χ3n) is 6.12. The van der Waals surface area contributed by atoms with E-state index < -0.39 is 17.7 Å². The van der Waals surface area contributed by atoms with Crippen molar-refractivity contribution in [3.63, 3.8) is 0 Å². The maximum absolute atomic E-state index is 14.8. The van der Waals surface area contributed by atoms with Crippen molar-refractivity contribution in [2.24, 2.45) is 0 Å². The predicted octanol–water partition coefficient (Wildman–Crippen LogP) is 7.14. The molecule has 2 atom stereocenters. The van der Waals surface area contributed by atoms with E-state index in [2.05, 4.69) is 0 Å². The number of halogens is 3. The first kappa shape index (κ1) is 23.1. The number of epoxide rings is 1. The zero-order valence-electron chi connectivity index (χ0n) is 19.0. The molecule has 1 fully saturated rings. The van der Waals surface area contributed by atoms with Crippen LogP contribution >= 0.6 is 0 Å². The van der Waals surface area contributed by atoms with Gasteiger partial charge in [0.2, 0.25) is 0 Å². The summed E-state index contributed by atoms with van der Waals surface area (Å²) in [5.41, 5.74) is 3.39. The molecule has 1 saturated heterocycles. The van der Waals surface area contributed by atoms with Gasteiger partial charge < -0.3 is 14.6 Å². The summed E-state index contributed by atoms with van der Waals surface area (Å²) in [7, 11) is 0. The maximum Gasteiger partial charge on any atom is 0.167 e. The number of rotatable bonds is 7. The first-order valence-corrected chi connectivity index (χ1v) is 11.3. The highest BCUT2D eigenvalue weighted by molar-refractivity contribution is 5.66. The summed E-state index contributed by atoms with van der Waals surface area (Å²) in [4.78, 5) is 0. The van der Waals surface area contributed by atoms with Gasteiger partial charge in [-0.1, -0.05) is 60.7 Å². The highest BCUT2D eigenvalue weighted by Crippen LogP contribution is 2.33. The van der Waals surface area contributed by atoms with Crippen LogP contribution in [0.3, 0.4) is 0 Å². The molecular formula is C29H23F3O3. The van der Waals surface area contributed by atoms with Crippen LogP contribution in [-0.4, -0.2) is 11.7 Å². The van der Waals surface area contributed by atoms with Crippen molar-refractivity contribution in [1.82, 2.24) is 0 Å². The second kappa shape index (κ2) is 9.56. The zero-order chi connectivity index (χ0) is 24.5. The van der Waals surface area contributed by atoms with Crippen LogP contribution < -0.4 is 4.74 Å². The molecule has 0 aliphatic carbocycles. The Morgan fingerprint density at radius 1 is 0.857 bits per heavy atom. The van der Waals surface area contributed by atoms with E-state index in [0.717, 1.165) is 5.56 Å². The Balaban J connectivity index is 1.27. The number of ether oxygens (including phenoxy) is 2. The Hall–Kier alpha value is -3.61. The first-order chi connectivity index (χ1) is 16.9. The van der Waals surface area contributed by atoms with Crippen molar-refractivity contribution < 1.29 is 27.8 Å². The van der Waals surface area contributed by atoms with Crippen molar-refractivity contribution in [3.05, 3.63) is 113 Å². The summed E-state index contributed by atoms with van der Waals surface area (Å²) in [5.74, 6) is -1.80. The second-order valence-corrected chi connectivity index (χ2v) is 8.57. The third-order valence-corrected chi connectivity index (χ3v) is 6.12. The summed E-state index contributed by atoms with van der Waals surface area (Å²) < 4.78 is 54.9. The number of benzene rings is 4. The van der Waals surface area contributed by atoms with Gasteiger partial charge in [0.05, 0.1) is 12.7 Å². The lowest BCUT2D eigenvalue weighted by Crippen LogP contribution is -2.02. The molecule has 35 heavy (non-hydrogen) atoms. The fourth-order valence-electron chi connectivity index (χ4n) is 3.96. The Morgan fingerprint density at radius 2 is 1.49 bits per heavy atom. The molecule has 1 aliphatic heterocycles. The topological polar surface area (TPSA) is 42.0 Å². The van der Waals surface area contributed by atoms with Gasteiger partial charge >= 0.3 is 0 Å². The minimum atomic E-state index is -0.972. The van der Waals surface area contributed by atoms with E-state index in [-0.39, 0.29) is 29.7 Å². The van der Waals surface area contributed by atoms with Gasteiger partial charge in [0, 0.05) is 16.7 Å². The molecule has 0 saturated carbocycles. The molecule has 0 bridgehead atoms. The second-order valence-electron chi connectivity index (χ2n) is 8.57. The minimum absolute atomic E-state index is 0.00995. The van der Waals surface area contributed by atoms with Crippen molar-refractivity contribution in [1.29, 1.82) is 0 Å². The highest BCUT2D eigenvalue weighted by atomic mass is 19.2. The van der Waals surface area contributed by atoms with E-state index >= 15 is 0 Å². The van der Waals surface area contributed by atoms with Crippen LogP contribution in [0.4, 0.5) is 13.2 Å². The molecule has 4 aromatic carbocycles. The van der Waals surface area contributed by atoms with Crippen molar-refractivity contribution in [3.8, 4) is 28.0 Å². The molecule has 6 heteroatoms. The van der Waals surface area contributed by atoms with Gasteiger partial charge in [-0.25, -0.2) is 13.2 Å².